The summed E-state index contributed by atoms with van der Waals surface area (Å²) in [5.41, 5.74) is 5.17. The number of carbonyl (C=O) groups excluding carboxylic acids is 4. The Hall–Kier alpha value is -2.69. The fourth-order valence-electron chi connectivity index (χ4n) is 2.74. The zero-order valence-corrected chi connectivity index (χ0v) is 19.2. The number of amides is 4. The van der Waals surface area contributed by atoms with E-state index in [-0.39, 0.29) is 37.3 Å². The number of nitrogens with two attached hydrogens (primary N) is 1. The fourth-order valence-corrected chi connectivity index (χ4v) is 2.74. The molecular formula is C20H37N5O6. The molecule has 31 heavy (non-hydrogen) atoms. The molecule has 11 nitrogen and oxygen atoms in total. The van der Waals surface area contributed by atoms with E-state index >= 15 is 0 Å². The van der Waals surface area contributed by atoms with Crippen molar-refractivity contribution in [2.45, 2.75) is 66.1 Å². The van der Waals surface area contributed by atoms with E-state index in [1.807, 2.05) is 13.8 Å². The monoisotopic (exact) mass is 443 g/mol. The highest BCUT2D eigenvalue weighted by Crippen LogP contribution is 2.10. The van der Waals surface area contributed by atoms with Crippen molar-refractivity contribution in [3.63, 3.8) is 0 Å². The van der Waals surface area contributed by atoms with E-state index in [9.17, 15) is 29.1 Å². The Balaban J connectivity index is 5.30. The van der Waals surface area contributed by atoms with Crippen molar-refractivity contribution in [2.24, 2.45) is 23.5 Å². The summed E-state index contributed by atoms with van der Waals surface area (Å²) in [6.07, 6.45) is 0.285. The van der Waals surface area contributed by atoms with Crippen molar-refractivity contribution in [1.29, 1.82) is 0 Å². The number of carboxylic acids is 1. The number of carbonyl (C=O) groups is 5. The summed E-state index contributed by atoms with van der Waals surface area (Å²) in [5, 5.41) is 19.3. The zero-order chi connectivity index (χ0) is 24.3. The molecule has 0 aromatic heterocycles. The van der Waals surface area contributed by atoms with Gasteiger partial charge in [-0.25, -0.2) is 4.79 Å². The van der Waals surface area contributed by atoms with Crippen LogP contribution in [-0.4, -0.2) is 65.9 Å². The first-order chi connectivity index (χ1) is 14.3. The first-order valence-corrected chi connectivity index (χ1v) is 10.4. The quantitative estimate of drug-likeness (QED) is 0.210. The number of rotatable bonds is 13. The highest BCUT2D eigenvalue weighted by Gasteiger charge is 2.32. The van der Waals surface area contributed by atoms with Gasteiger partial charge in [0, 0.05) is 0 Å². The third-order valence-corrected chi connectivity index (χ3v) is 4.47. The van der Waals surface area contributed by atoms with Crippen LogP contribution in [0.4, 0.5) is 0 Å². The minimum absolute atomic E-state index is 0.0388. The van der Waals surface area contributed by atoms with Crippen LogP contribution in [0.3, 0.4) is 0 Å². The van der Waals surface area contributed by atoms with Gasteiger partial charge in [-0.15, -0.1) is 0 Å². The summed E-state index contributed by atoms with van der Waals surface area (Å²) in [6, 6.07) is -3.01. The van der Waals surface area contributed by atoms with Gasteiger partial charge in [0.15, 0.2) is 0 Å². The normalized spacial score (nSPS) is 14.0. The Morgan fingerprint density at radius 1 is 0.774 bits per heavy atom. The Morgan fingerprint density at radius 3 is 1.74 bits per heavy atom. The van der Waals surface area contributed by atoms with Crippen molar-refractivity contribution in [2.75, 3.05) is 13.1 Å². The molecular weight excluding hydrogens is 406 g/mol. The van der Waals surface area contributed by atoms with Crippen LogP contribution in [0, 0.1) is 17.8 Å². The SMILES string of the molecule is CC(C)C[C@H](NC(=O)[C@@H](NC(=O)CNC(=O)CN)C(C)C)C(=O)N[C@H](C(=O)O)C(C)C. The average Bonchev–Trinajstić information content (AvgIpc) is 2.66. The molecule has 0 aliphatic carbocycles. The summed E-state index contributed by atoms with van der Waals surface area (Å²) in [4.78, 5) is 60.2. The molecule has 3 atom stereocenters. The molecule has 0 saturated carbocycles. The Morgan fingerprint density at radius 2 is 1.32 bits per heavy atom. The van der Waals surface area contributed by atoms with E-state index < -0.39 is 47.7 Å². The number of hydrogen-bond acceptors (Lipinski definition) is 6. The lowest BCUT2D eigenvalue weighted by Gasteiger charge is -2.27. The van der Waals surface area contributed by atoms with E-state index in [4.69, 9.17) is 5.73 Å². The van der Waals surface area contributed by atoms with E-state index in [2.05, 4.69) is 21.3 Å². The fraction of sp³-hybridized carbons (Fsp3) is 0.750. The molecule has 0 heterocycles. The van der Waals surface area contributed by atoms with E-state index in [1.165, 1.54) is 0 Å². The van der Waals surface area contributed by atoms with Crippen LogP contribution < -0.4 is 27.0 Å². The molecule has 0 spiro atoms. The summed E-state index contributed by atoms with van der Waals surface area (Å²) < 4.78 is 0. The number of hydrogen-bond donors (Lipinski definition) is 6. The molecule has 0 aliphatic heterocycles. The van der Waals surface area contributed by atoms with Crippen molar-refractivity contribution < 1.29 is 29.1 Å². The van der Waals surface area contributed by atoms with E-state index in [1.54, 1.807) is 27.7 Å². The molecule has 11 heteroatoms. The molecule has 0 unspecified atom stereocenters. The summed E-state index contributed by atoms with van der Waals surface area (Å²) in [6.45, 7) is 9.92. The summed E-state index contributed by atoms with van der Waals surface area (Å²) in [7, 11) is 0. The summed E-state index contributed by atoms with van der Waals surface area (Å²) >= 11 is 0. The highest BCUT2D eigenvalue weighted by atomic mass is 16.4. The molecule has 0 bridgehead atoms. The molecule has 4 amide bonds. The minimum atomic E-state index is -1.16. The average molecular weight is 444 g/mol. The molecule has 0 radical (unpaired) electrons. The maximum absolute atomic E-state index is 12.8. The maximum Gasteiger partial charge on any atom is 0.326 e. The standard InChI is InChI=1S/C20H37N5O6/c1-10(2)7-13(18(28)25-17(12(5)6)20(30)31)23-19(29)16(11(3)4)24-15(27)9-22-14(26)8-21/h10-13,16-17H,7-9,21H2,1-6H3,(H,22,26)(H,23,29)(H,24,27)(H,25,28)(H,30,31)/t13-,16-,17-/m0/s1. The van der Waals surface area contributed by atoms with Crippen LogP contribution in [0.25, 0.3) is 0 Å². The lowest BCUT2D eigenvalue weighted by molar-refractivity contribution is -0.143. The van der Waals surface area contributed by atoms with Crippen LogP contribution in [0.2, 0.25) is 0 Å². The first kappa shape index (κ1) is 28.3. The van der Waals surface area contributed by atoms with Crippen LogP contribution in [0.1, 0.15) is 48.0 Å². The predicted octanol–water partition coefficient (Wildman–Crippen LogP) is -1.04. The molecule has 0 saturated heterocycles. The van der Waals surface area contributed by atoms with Gasteiger partial charge in [0.05, 0.1) is 13.1 Å². The third-order valence-electron chi connectivity index (χ3n) is 4.47. The Labute approximate surface area is 183 Å². The lowest BCUT2D eigenvalue weighted by atomic mass is 9.98. The van der Waals surface area contributed by atoms with Gasteiger partial charge in [0.2, 0.25) is 23.6 Å². The molecule has 0 rings (SSSR count). The van der Waals surface area contributed by atoms with Crippen LogP contribution in [0.15, 0.2) is 0 Å². The second-order valence-corrected chi connectivity index (χ2v) is 8.53. The second kappa shape index (κ2) is 13.6. The van der Waals surface area contributed by atoms with Crippen molar-refractivity contribution in [3.05, 3.63) is 0 Å². The molecule has 0 aromatic carbocycles. The Bertz CT molecular complexity index is 650. The van der Waals surface area contributed by atoms with Gasteiger partial charge in [-0.3, -0.25) is 19.2 Å². The largest absolute Gasteiger partial charge is 0.480 e. The molecule has 0 aliphatic rings. The lowest BCUT2D eigenvalue weighted by Crippen LogP contribution is -2.58. The van der Waals surface area contributed by atoms with Gasteiger partial charge in [-0.2, -0.15) is 0 Å². The van der Waals surface area contributed by atoms with Gasteiger partial charge in [0.1, 0.15) is 18.1 Å². The predicted molar refractivity (Wildman–Crippen MR) is 115 cm³/mol. The second-order valence-electron chi connectivity index (χ2n) is 8.53. The zero-order valence-electron chi connectivity index (χ0n) is 19.2. The molecule has 0 aromatic rings. The van der Waals surface area contributed by atoms with Crippen LogP contribution in [-0.2, 0) is 24.0 Å². The number of nitrogens with one attached hydrogen (secondary N) is 4. The molecule has 7 N–H and O–H groups in total. The van der Waals surface area contributed by atoms with Crippen molar-refractivity contribution in [1.82, 2.24) is 21.3 Å². The van der Waals surface area contributed by atoms with E-state index in [0.717, 1.165) is 0 Å². The maximum atomic E-state index is 12.8. The molecule has 178 valence electrons. The topological polar surface area (TPSA) is 180 Å². The van der Waals surface area contributed by atoms with Gasteiger partial charge in [-0.1, -0.05) is 41.5 Å². The minimum Gasteiger partial charge on any atom is -0.480 e. The van der Waals surface area contributed by atoms with E-state index in [0.29, 0.717) is 0 Å². The summed E-state index contributed by atoms with van der Waals surface area (Å²) in [5.74, 6) is -4.04. The van der Waals surface area contributed by atoms with Gasteiger partial charge in [0.25, 0.3) is 0 Å². The number of carboxylic acid groups (broad SMARTS) is 1. The smallest absolute Gasteiger partial charge is 0.326 e. The van der Waals surface area contributed by atoms with Crippen molar-refractivity contribution >= 4 is 29.6 Å². The van der Waals surface area contributed by atoms with Gasteiger partial charge < -0.3 is 32.1 Å². The van der Waals surface area contributed by atoms with Gasteiger partial charge in [-0.05, 0) is 24.2 Å². The van der Waals surface area contributed by atoms with Crippen LogP contribution in [0.5, 0.6) is 0 Å². The number of aliphatic carboxylic acids is 1. The highest BCUT2D eigenvalue weighted by molar-refractivity contribution is 5.94. The first-order valence-electron chi connectivity index (χ1n) is 10.4. The van der Waals surface area contributed by atoms with Crippen LogP contribution >= 0.6 is 0 Å². The van der Waals surface area contributed by atoms with Gasteiger partial charge >= 0.3 is 5.97 Å². The third kappa shape index (κ3) is 10.8. The Kier molecular flexibility index (Phi) is 12.4. The van der Waals surface area contributed by atoms with Crippen molar-refractivity contribution in [3.8, 4) is 0 Å². The molecule has 0 fully saturated rings.